The molecule has 0 radical (unpaired) electrons. The first-order valence-corrected chi connectivity index (χ1v) is 12.4. The van der Waals surface area contributed by atoms with Gasteiger partial charge >= 0.3 is 0 Å². The molecule has 0 aromatic heterocycles. The van der Waals surface area contributed by atoms with Crippen molar-refractivity contribution in [1.29, 1.82) is 0 Å². The first kappa shape index (κ1) is 23.7. The number of sulfonamides is 1. The molecule has 0 aliphatic carbocycles. The highest BCUT2D eigenvalue weighted by Gasteiger charge is 2.36. The van der Waals surface area contributed by atoms with Gasteiger partial charge in [0.2, 0.25) is 21.8 Å². The van der Waals surface area contributed by atoms with Crippen LogP contribution in [0.2, 0.25) is 0 Å². The second kappa shape index (κ2) is 9.26. The van der Waals surface area contributed by atoms with E-state index in [1.54, 1.807) is 4.90 Å². The summed E-state index contributed by atoms with van der Waals surface area (Å²) >= 11 is 0. The van der Waals surface area contributed by atoms with Gasteiger partial charge in [-0.2, -0.15) is 0 Å². The Morgan fingerprint density at radius 2 is 1.61 bits per heavy atom. The molecule has 2 saturated heterocycles. The van der Waals surface area contributed by atoms with E-state index in [9.17, 15) is 18.0 Å². The number of aryl methyl sites for hydroxylation is 2. The predicted octanol–water partition coefficient (Wildman–Crippen LogP) is 0.997. The summed E-state index contributed by atoms with van der Waals surface area (Å²) in [6.07, 6.45) is 1.69. The lowest BCUT2D eigenvalue weighted by Gasteiger charge is -2.47. The number of likely N-dealkylation sites (tertiary alicyclic amines) is 2. The van der Waals surface area contributed by atoms with Crippen molar-refractivity contribution in [3.05, 3.63) is 28.3 Å². The molecule has 172 valence electrons. The molecule has 0 saturated carbocycles. The molecule has 0 spiro atoms. The first-order chi connectivity index (χ1) is 14.5. The molecule has 8 nitrogen and oxygen atoms in total. The predicted molar refractivity (Wildman–Crippen MR) is 119 cm³/mol. The lowest BCUT2D eigenvalue weighted by molar-refractivity contribution is -0.139. The fourth-order valence-electron chi connectivity index (χ4n) is 4.55. The maximum absolute atomic E-state index is 12.9. The molecule has 2 aliphatic heterocycles. The molecule has 3 N–H and O–H groups in total. The van der Waals surface area contributed by atoms with Crippen LogP contribution in [-0.4, -0.2) is 68.8 Å². The van der Waals surface area contributed by atoms with Crippen molar-refractivity contribution in [3.8, 4) is 0 Å². The van der Waals surface area contributed by atoms with Gasteiger partial charge in [0.15, 0.2) is 0 Å². The zero-order valence-corrected chi connectivity index (χ0v) is 19.7. The van der Waals surface area contributed by atoms with Crippen molar-refractivity contribution < 1.29 is 18.0 Å². The number of hydrogen-bond acceptors (Lipinski definition) is 5. The highest BCUT2D eigenvalue weighted by Crippen LogP contribution is 2.26. The SMILES string of the molecule is Cc1cc(C)c(C)c(S(=O)(=O)NCCC(=O)N2CC(N3CCC(C(N)=O)CC3)C2)c1C. The molecule has 1 aromatic rings. The molecule has 9 heteroatoms. The van der Waals surface area contributed by atoms with Gasteiger partial charge in [0.25, 0.3) is 0 Å². The highest BCUT2D eigenvalue weighted by atomic mass is 32.2. The minimum atomic E-state index is -3.68. The number of nitrogens with two attached hydrogens (primary N) is 1. The zero-order valence-electron chi connectivity index (χ0n) is 18.9. The summed E-state index contributed by atoms with van der Waals surface area (Å²) in [5.74, 6) is -0.301. The van der Waals surface area contributed by atoms with Crippen LogP contribution >= 0.6 is 0 Å². The van der Waals surface area contributed by atoms with E-state index in [0.717, 1.165) is 48.2 Å². The molecular formula is C22H34N4O4S. The maximum Gasteiger partial charge on any atom is 0.241 e. The molecule has 0 atom stereocenters. The van der Waals surface area contributed by atoms with Gasteiger partial charge in [-0.05, 0) is 75.9 Å². The molecule has 2 amide bonds. The molecule has 0 unspecified atom stereocenters. The van der Waals surface area contributed by atoms with Gasteiger partial charge in [-0.3, -0.25) is 14.5 Å². The van der Waals surface area contributed by atoms with E-state index in [1.807, 2.05) is 33.8 Å². The van der Waals surface area contributed by atoms with Gasteiger partial charge in [0.05, 0.1) is 4.90 Å². The second-order valence-corrected chi connectivity index (χ2v) is 10.6. The summed E-state index contributed by atoms with van der Waals surface area (Å²) in [6, 6.07) is 2.30. The van der Waals surface area contributed by atoms with E-state index >= 15 is 0 Å². The Kier molecular flexibility index (Phi) is 7.08. The minimum Gasteiger partial charge on any atom is -0.369 e. The van der Waals surface area contributed by atoms with E-state index < -0.39 is 10.0 Å². The number of nitrogens with one attached hydrogen (secondary N) is 1. The smallest absolute Gasteiger partial charge is 0.241 e. The second-order valence-electron chi connectivity index (χ2n) is 8.90. The standard InChI is InChI=1S/C22H34N4O4S/c1-14-11-15(2)17(4)21(16(14)3)31(29,30)24-8-5-20(27)26-12-19(13-26)25-9-6-18(7-10-25)22(23)28/h11,18-19,24H,5-10,12-13H2,1-4H3,(H2,23,28). The van der Waals surface area contributed by atoms with Crippen LogP contribution in [0.15, 0.2) is 11.0 Å². The van der Waals surface area contributed by atoms with E-state index in [4.69, 9.17) is 5.73 Å². The molecule has 2 heterocycles. The van der Waals surface area contributed by atoms with E-state index in [2.05, 4.69) is 9.62 Å². The third-order valence-electron chi connectivity index (χ3n) is 6.86. The number of primary amides is 1. The van der Waals surface area contributed by atoms with Crippen molar-refractivity contribution in [3.63, 3.8) is 0 Å². The molecular weight excluding hydrogens is 416 g/mol. The molecule has 1 aromatic carbocycles. The number of nitrogens with zero attached hydrogens (tertiary/aromatic N) is 2. The van der Waals surface area contributed by atoms with E-state index in [1.165, 1.54) is 0 Å². The van der Waals surface area contributed by atoms with Crippen molar-refractivity contribution >= 4 is 21.8 Å². The van der Waals surface area contributed by atoms with Crippen molar-refractivity contribution in [2.75, 3.05) is 32.7 Å². The van der Waals surface area contributed by atoms with Gasteiger partial charge in [-0.1, -0.05) is 6.07 Å². The molecule has 0 bridgehead atoms. The Bertz CT molecular complexity index is 936. The van der Waals surface area contributed by atoms with Crippen LogP contribution in [0.3, 0.4) is 0 Å². The minimum absolute atomic E-state index is 0.0356. The number of piperidine rings is 1. The third kappa shape index (κ3) is 5.10. The molecule has 31 heavy (non-hydrogen) atoms. The van der Waals surface area contributed by atoms with Crippen LogP contribution in [0.25, 0.3) is 0 Å². The largest absolute Gasteiger partial charge is 0.369 e. The van der Waals surface area contributed by atoms with Crippen LogP contribution in [0.1, 0.15) is 41.5 Å². The molecule has 2 fully saturated rings. The summed E-state index contributed by atoms with van der Waals surface area (Å²) in [6.45, 7) is 10.5. The van der Waals surface area contributed by atoms with Gasteiger partial charge < -0.3 is 10.6 Å². The summed E-state index contributed by atoms with van der Waals surface area (Å²) in [7, 11) is -3.68. The van der Waals surface area contributed by atoms with Crippen LogP contribution < -0.4 is 10.5 Å². The topological polar surface area (TPSA) is 113 Å². The molecule has 2 aliphatic rings. The Balaban J connectivity index is 1.47. The fraction of sp³-hybridized carbons (Fsp3) is 0.636. The van der Waals surface area contributed by atoms with Crippen molar-refractivity contribution in [1.82, 2.24) is 14.5 Å². The van der Waals surface area contributed by atoms with E-state index in [0.29, 0.717) is 24.0 Å². The van der Waals surface area contributed by atoms with E-state index in [-0.39, 0.29) is 30.7 Å². The third-order valence-corrected chi connectivity index (χ3v) is 8.59. The fourth-order valence-corrected chi connectivity index (χ4v) is 6.19. The van der Waals surface area contributed by atoms with Crippen LogP contribution in [0.4, 0.5) is 0 Å². The first-order valence-electron chi connectivity index (χ1n) is 10.9. The van der Waals surface area contributed by atoms with Gasteiger partial charge in [0, 0.05) is 38.0 Å². The number of amides is 2. The average Bonchev–Trinajstić information content (AvgIpc) is 2.65. The van der Waals surface area contributed by atoms with Crippen molar-refractivity contribution in [2.24, 2.45) is 11.7 Å². The lowest BCUT2D eigenvalue weighted by Crippen LogP contribution is -2.62. The Labute approximate surface area is 185 Å². The summed E-state index contributed by atoms with van der Waals surface area (Å²) in [4.78, 5) is 28.2. The monoisotopic (exact) mass is 450 g/mol. The summed E-state index contributed by atoms with van der Waals surface area (Å²) < 4.78 is 28.3. The normalized spacial score (nSPS) is 18.8. The number of benzene rings is 1. The maximum atomic E-state index is 12.9. The van der Waals surface area contributed by atoms with Gasteiger partial charge in [-0.15, -0.1) is 0 Å². The summed E-state index contributed by atoms with van der Waals surface area (Å²) in [5, 5.41) is 0. The number of hydrogen-bond donors (Lipinski definition) is 2. The number of carbonyl (C=O) groups is 2. The summed E-state index contributed by atoms with van der Waals surface area (Å²) in [5.41, 5.74) is 8.74. The Morgan fingerprint density at radius 3 is 2.13 bits per heavy atom. The van der Waals surface area contributed by atoms with Crippen LogP contribution in [0.5, 0.6) is 0 Å². The Hall–Kier alpha value is -1.97. The number of carbonyl (C=O) groups excluding carboxylic acids is 2. The average molecular weight is 451 g/mol. The zero-order chi connectivity index (χ0) is 22.9. The van der Waals surface area contributed by atoms with Crippen molar-refractivity contribution in [2.45, 2.75) is 57.9 Å². The van der Waals surface area contributed by atoms with Crippen LogP contribution in [-0.2, 0) is 19.6 Å². The van der Waals surface area contributed by atoms with Crippen LogP contribution in [0, 0.1) is 33.6 Å². The molecule has 3 rings (SSSR count). The highest BCUT2D eigenvalue weighted by molar-refractivity contribution is 7.89. The Morgan fingerprint density at radius 1 is 1.06 bits per heavy atom. The van der Waals surface area contributed by atoms with Gasteiger partial charge in [0.1, 0.15) is 0 Å². The lowest BCUT2D eigenvalue weighted by atomic mass is 9.93. The number of rotatable bonds is 7. The van der Waals surface area contributed by atoms with Gasteiger partial charge in [-0.25, -0.2) is 13.1 Å². The quantitative estimate of drug-likeness (QED) is 0.643.